The zero-order valence-electron chi connectivity index (χ0n) is 11.1. The Balaban J connectivity index is 2.26. The van der Waals surface area contributed by atoms with E-state index in [1.807, 2.05) is 41.0 Å². The molecule has 6 heteroatoms. The van der Waals surface area contributed by atoms with Crippen LogP contribution in [0.1, 0.15) is 5.82 Å². The third-order valence-corrected chi connectivity index (χ3v) is 4.68. The van der Waals surface area contributed by atoms with Crippen molar-refractivity contribution in [3.05, 3.63) is 51.7 Å². The summed E-state index contributed by atoms with van der Waals surface area (Å²) in [5.74, 6) is 1.84. The quantitative estimate of drug-likeness (QED) is 0.580. The highest BCUT2D eigenvalue weighted by Gasteiger charge is 2.13. The summed E-state index contributed by atoms with van der Waals surface area (Å²) in [6, 6.07) is 11.5. The van der Waals surface area contributed by atoms with Crippen molar-refractivity contribution in [2.24, 2.45) is 0 Å². The summed E-state index contributed by atoms with van der Waals surface area (Å²) < 4.78 is 8.09. The Morgan fingerprint density at radius 3 is 2.71 bits per heavy atom. The molecule has 3 rings (SSSR count). The van der Waals surface area contributed by atoms with Crippen LogP contribution in [0.2, 0.25) is 5.02 Å². The number of methoxy groups -OCH3 is 1. The zero-order valence-corrected chi connectivity index (χ0v) is 14.2. The molecule has 2 aromatic carbocycles. The molecule has 3 nitrogen and oxygen atoms in total. The maximum atomic E-state index is 6.19. The van der Waals surface area contributed by atoms with Crippen molar-refractivity contribution in [3.63, 3.8) is 0 Å². The van der Waals surface area contributed by atoms with E-state index in [1.54, 1.807) is 7.11 Å². The van der Waals surface area contributed by atoms with E-state index in [2.05, 4.69) is 20.9 Å². The molecule has 21 heavy (non-hydrogen) atoms. The maximum absolute atomic E-state index is 6.19. The molecule has 0 spiro atoms. The number of fused-ring (bicyclic) bond motifs is 1. The molecular weight excluding hydrogens is 375 g/mol. The van der Waals surface area contributed by atoms with E-state index in [-0.39, 0.29) is 0 Å². The van der Waals surface area contributed by atoms with Gasteiger partial charge in [-0.1, -0.05) is 11.6 Å². The number of halogens is 3. The van der Waals surface area contributed by atoms with E-state index in [0.717, 1.165) is 32.8 Å². The van der Waals surface area contributed by atoms with Crippen molar-refractivity contribution >= 4 is 50.2 Å². The van der Waals surface area contributed by atoms with E-state index in [0.29, 0.717) is 10.9 Å². The number of alkyl halides is 1. The van der Waals surface area contributed by atoms with Crippen molar-refractivity contribution in [2.45, 2.75) is 5.88 Å². The molecule has 0 aliphatic heterocycles. The molecule has 0 atom stereocenters. The summed E-state index contributed by atoms with van der Waals surface area (Å²) in [7, 11) is 1.63. The first-order valence-corrected chi connectivity index (χ1v) is 7.91. The minimum Gasteiger partial charge on any atom is -0.497 e. The summed E-state index contributed by atoms with van der Waals surface area (Å²) in [6.45, 7) is 0. The van der Waals surface area contributed by atoms with Crippen LogP contribution in [0.3, 0.4) is 0 Å². The fourth-order valence-corrected chi connectivity index (χ4v) is 2.84. The Morgan fingerprint density at radius 2 is 2.05 bits per heavy atom. The molecular formula is C15H11BrCl2N2O. The van der Waals surface area contributed by atoms with Gasteiger partial charge in [-0.3, -0.25) is 4.57 Å². The molecule has 0 fully saturated rings. The fourth-order valence-electron chi connectivity index (χ4n) is 2.24. The molecule has 0 aliphatic carbocycles. The number of imidazole rings is 1. The van der Waals surface area contributed by atoms with Gasteiger partial charge in [-0.15, -0.1) is 11.6 Å². The SMILES string of the molecule is COc1ccc2c(c1)nc(CCl)n2-c1ccc(Br)c(Cl)c1. The van der Waals surface area contributed by atoms with Crippen LogP contribution in [-0.4, -0.2) is 16.7 Å². The summed E-state index contributed by atoms with van der Waals surface area (Å²) in [5.41, 5.74) is 2.72. The molecule has 1 aromatic heterocycles. The Labute approximate surface area is 140 Å². The van der Waals surface area contributed by atoms with Crippen LogP contribution in [0.4, 0.5) is 0 Å². The predicted molar refractivity (Wildman–Crippen MR) is 89.9 cm³/mol. The first kappa shape index (κ1) is 14.7. The second-order valence-corrected chi connectivity index (χ2v) is 5.98. The van der Waals surface area contributed by atoms with Crippen LogP contribution in [0, 0.1) is 0 Å². The van der Waals surface area contributed by atoms with Gasteiger partial charge in [0.1, 0.15) is 11.6 Å². The van der Waals surface area contributed by atoms with Crippen molar-refractivity contribution in [3.8, 4) is 11.4 Å². The van der Waals surface area contributed by atoms with E-state index >= 15 is 0 Å². The number of hydrogen-bond acceptors (Lipinski definition) is 2. The molecule has 1 heterocycles. The van der Waals surface area contributed by atoms with Crippen molar-refractivity contribution in [1.29, 1.82) is 0 Å². The largest absolute Gasteiger partial charge is 0.497 e. The minimum absolute atomic E-state index is 0.310. The van der Waals surface area contributed by atoms with E-state index in [4.69, 9.17) is 27.9 Å². The summed E-state index contributed by atoms with van der Waals surface area (Å²) in [5, 5.41) is 0.642. The van der Waals surface area contributed by atoms with Crippen LogP contribution in [0.25, 0.3) is 16.7 Å². The van der Waals surface area contributed by atoms with Crippen LogP contribution >= 0.6 is 39.1 Å². The van der Waals surface area contributed by atoms with Gasteiger partial charge in [-0.25, -0.2) is 4.98 Å². The monoisotopic (exact) mass is 384 g/mol. The standard InChI is InChI=1S/C15H11BrCl2N2O/c1-21-10-3-5-14-13(7-10)19-15(8-17)20(14)9-2-4-11(16)12(18)6-9/h2-7H,8H2,1H3. The Hall–Kier alpha value is -1.23. The molecule has 0 radical (unpaired) electrons. The lowest BCUT2D eigenvalue weighted by Crippen LogP contribution is -1.99. The number of hydrogen-bond donors (Lipinski definition) is 0. The second kappa shape index (κ2) is 5.87. The Morgan fingerprint density at radius 1 is 1.24 bits per heavy atom. The number of rotatable bonds is 3. The lowest BCUT2D eigenvalue weighted by Gasteiger charge is -2.09. The highest BCUT2D eigenvalue weighted by Crippen LogP contribution is 2.30. The Bertz CT molecular complexity index is 817. The van der Waals surface area contributed by atoms with Gasteiger partial charge < -0.3 is 4.74 Å². The zero-order chi connectivity index (χ0) is 15.0. The van der Waals surface area contributed by atoms with Gasteiger partial charge in [-0.05, 0) is 46.3 Å². The fraction of sp³-hybridized carbons (Fsp3) is 0.133. The van der Waals surface area contributed by atoms with E-state index in [1.165, 1.54) is 0 Å². The molecule has 0 unspecified atom stereocenters. The van der Waals surface area contributed by atoms with Gasteiger partial charge in [0.25, 0.3) is 0 Å². The van der Waals surface area contributed by atoms with Crippen molar-refractivity contribution in [1.82, 2.24) is 9.55 Å². The van der Waals surface area contributed by atoms with Crippen LogP contribution < -0.4 is 4.74 Å². The van der Waals surface area contributed by atoms with Gasteiger partial charge in [0.2, 0.25) is 0 Å². The highest BCUT2D eigenvalue weighted by atomic mass is 79.9. The molecule has 0 saturated carbocycles. The van der Waals surface area contributed by atoms with Crippen molar-refractivity contribution in [2.75, 3.05) is 7.11 Å². The topological polar surface area (TPSA) is 27.1 Å². The van der Waals surface area contributed by atoms with E-state index < -0.39 is 0 Å². The summed E-state index contributed by atoms with van der Waals surface area (Å²) in [6.07, 6.45) is 0. The van der Waals surface area contributed by atoms with Crippen molar-refractivity contribution < 1.29 is 4.74 Å². The number of benzene rings is 2. The molecule has 108 valence electrons. The molecule has 0 amide bonds. The predicted octanol–water partition coefficient (Wildman–Crippen LogP) is 5.19. The lowest BCUT2D eigenvalue weighted by molar-refractivity contribution is 0.415. The third kappa shape index (κ3) is 2.63. The highest BCUT2D eigenvalue weighted by molar-refractivity contribution is 9.10. The van der Waals surface area contributed by atoms with Gasteiger partial charge in [0.15, 0.2) is 0 Å². The maximum Gasteiger partial charge on any atom is 0.129 e. The van der Waals surface area contributed by atoms with E-state index in [9.17, 15) is 0 Å². The molecule has 0 bridgehead atoms. The van der Waals surface area contributed by atoms with Crippen LogP contribution in [-0.2, 0) is 5.88 Å². The summed E-state index contributed by atoms with van der Waals surface area (Å²) >= 11 is 15.6. The first-order chi connectivity index (χ1) is 10.1. The third-order valence-electron chi connectivity index (χ3n) is 3.21. The lowest BCUT2D eigenvalue weighted by atomic mass is 10.2. The van der Waals surface area contributed by atoms with Gasteiger partial charge >= 0.3 is 0 Å². The first-order valence-electron chi connectivity index (χ1n) is 6.21. The van der Waals surface area contributed by atoms with Crippen LogP contribution in [0.15, 0.2) is 40.9 Å². The second-order valence-electron chi connectivity index (χ2n) is 4.45. The number of ether oxygens (including phenoxy) is 1. The smallest absolute Gasteiger partial charge is 0.129 e. The summed E-state index contributed by atoms with van der Waals surface area (Å²) in [4.78, 5) is 4.56. The average Bonchev–Trinajstić information content (AvgIpc) is 2.87. The minimum atomic E-state index is 0.310. The normalized spacial score (nSPS) is 11.0. The van der Waals surface area contributed by atoms with Crippen LogP contribution in [0.5, 0.6) is 5.75 Å². The average molecular weight is 386 g/mol. The molecule has 3 aromatic rings. The Kier molecular flexibility index (Phi) is 4.11. The molecule has 0 saturated heterocycles. The van der Waals surface area contributed by atoms with Gasteiger partial charge in [-0.2, -0.15) is 0 Å². The van der Waals surface area contributed by atoms with Gasteiger partial charge in [0, 0.05) is 16.2 Å². The molecule has 0 aliphatic rings. The van der Waals surface area contributed by atoms with Gasteiger partial charge in [0.05, 0.1) is 29.0 Å². The molecule has 0 N–H and O–H groups in total. The number of nitrogens with zero attached hydrogens (tertiary/aromatic N) is 2. The number of aromatic nitrogens is 2.